The van der Waals surface area contributed by atoms with Crippen molar-refractivity contribution >= 4 is 22.4 Å². The number of pyridine rings is 2. The molecular weight excluding hydrogens is 360 g/mol. The van der Waals surface area contributed by atoms with Gasteiger partial charge in [-0.2, -0.15) is 0 Å². The van der Waals surface area contributed by atoms with Gasteiger partial charge in [-0.3, -0.25) is 9.97 Å². The third kappa shape index (κ3) is 3.61. The number of hydrogen-bond donors (Lipinski definition) is 1. The molecule has 1 fully saturated rings. The van der Waals surface area contributed by atoms with Gasteiger partial charge in [-0.1, -0.05) is 18.2 Å². The molecule has 6 nitrogen and oxygen atoms in total. The average molecular weight is 382 g/mol. The van der Waals surface area contributed by atoms with Crippen molar-refractivity contribution in [3.05, 3.63) is 72.7 Å². The fourth-order valence-electron chi connectivity index (χ4n) is 3.76. The van der Waals surface area contributed by atoms with Crippen LogP contribution in [0.5, 0.6) is 0 Å². The zero-order chi connectivity index (χ0) is 19.6. The van der Waals surface area contributed by atoms with Crippen molar-refractivity contribution < 1.29 is 0 Å². The minimum absolute atomic E-state index is 0.587. The van der Waals surface area contributed by atoms with Crippen molar-refractivity contribution in [1.82, 2.24) is 20.2 Å². The molecule has 1 aliphatic rings. The number of rotatable bonds is 5. The molecule has 6 heteroatoms. The Morgan fingerprint density at radius 3 is 2.62 bits per heavy atom. The van der Waals surface area contributed by atoms with E-state index in [9.17, 15) is 0 Å². The van der Waals surface area contributed by atoms with Gasteiger partial charge < -0.3 is 10.2 Å². The van der Waals surface area contributed by atoms with Crippen LogP contribution in [0.1, 0.15) is 5.69 Å². The summed E-state index contributed by atoms with van der Waals surface area (Å²) in [5.41, 5.74) is 5.13. The fraction of sp³-hybridized carbons (Fsp3) is 0.217. The molecule has 4 aromatic rings. The topological polar surface area (TPSA) is 66.8 Å². The first-order chi connectivity index (χ1) is 14.3. The summed E-state index contributed by atoms with van der Waals surface area (Å²) >= 11 is 0. The first-order valence-corrected chi connectivity index (χ1v) is 9.85. The van der Waals surface area contributed by atoms with Gasteiger partial charge in [0.2, 0.25) is 0 Å². The molecule has 144 valence electrons. The second kappa shape index (κ2) is 7.47. The van der Waals surface area contributed by atoms with E-state index in [0.717, 1.165) is 53.6 Å². The highest BCUT2D eigenvalue weighted by Crippen LogP contribution is 2.27. The predicted octanol–water partition coefficient (Wildman–Crippen LogP) is 3.94. The monoisotopic (exact) mass is 382 g/mol. The molecule has 0 radical (unpaired) electrons. The van der Waals surface area contributed by atoms with E-state index in [1.54, 1.807) is 12.4 Å². The van der Waals surface area contributed by atoms with Gasteiger partial charge in [0.15, 0.2) is 5.82 Å². The first-order valence-electron chi connectivity index (χ1n) is 9.85. The molecule has 1 N–H and O–H groups in total. The third-order valence-corrected chi connectivity index (χ3v) is 5.33. The minimum Gasteiger partial charge on any atom is -0.384 e. The predicted molar refractivity (Wildman–Crippen MR) is 116 cm³/mol. The van der Waals surface area contributed by atoms with Crippen LogP contribution in [0.4, 0.5) is 11.5 Å². The van der Waals surface area contributed by atoms with E-state index in [1.165, 1.54) is 5.39 Å². The van der Waals surface area contributed by atoms with Crippen LogP contribution in [-0.2, 0) is 0 Å². The van der Waals surface area contributed by atoms with E-state index in [1.807, 2.05) is 37.3 Å². The van der Waals surface area contributed by atoms with Gasteiger partial charge in [-0.15, -0.1) is 10.2 Å². The Labute approximate surface area is 169 Å². The molecule has 3 aromatic heterocycles. The summed E-state index contributed by atoms with van der Waals surface area (Å²) in [7, 11) is 0. The molecule has 1 aliphatic heterocycles. The largest absolute Gasteiger partial charge is 0.384 e. The summed E-state index contributed by atoms with van der Waals surface area (Å²) in [5, 5.41) is 13.6. The molecule has 0 amide bonds. The molecule has 0 spiro atoms. The number of anilines is 2. The van der Waals surface area contributed by atoms with Crippen LogP contribution >= 0.6 is 0 Å². The van der Waals surface area contributed by atoms with Crippen molar-refractivity contribution in [2.24, 2.45) is 5.92 Å². The van der Waals surface area contributed by atoms with Crippen LogP contribution in [-0.4, -0.2) is 39.8 Å². The summed E-state index contributed by atoms with van der Waals surface area (Å²) in [6.45, 7) is 4.94. The third-order valence-electron chi connectivity index (χ3n) is 5.33. The molecule has 1 aromatic carbocycles. The molecule has 4 heterocycles. The quantitative estimate of drug-likeness (QED) is 0.564. The Morgan fingerprint density at radius 2 is 1.83 bits per heavy atom. The number of aryl methyl sites for hydroxylation is 1. The van der Waals surface area contributed by atoms with E-state index in [-0.39, 0.29) is 0 Å². The van der Waals surface area contributed by atoms with E-state index in [0.29, 0.717) is 5.92 Å². The molecule has 0 saturated carbocycles. The lowest BCUT2D eigenvalue weighted by Gasteiger charge is -2.40. The van der Waals surface area contributed by atoms with E-state index >= 15 is 0 Å². The summed E-state index contributed by atoms with van der Waals surface area (Å²) in [5.74, 6) is 1.52. The number of para-hydroxylation sites is 1. The molecule has 5 rings (SSSR count). The van der Waals surface area contributed by atoms with Crippen molar-refractivity contribution in [2.45, 2.75) is 6.92 Å². The Kier molecular flexibility index (Phi) is 4.52. The van der Waals surface area contributed by atoms with Gasteiger partial charge in [0.1, 0.15) is 0 Å². The van der Waals surface area contributed by atoms with Gasteiger partial charge in [0.05, 0.1) is 11.2 Å². The highest BCUT2D eigenvalue weighted by molar-refractivity contribution is 5.91. The number of nitrogens with zero attached hydrogens (tertiary/aromatic N) is 5. The van der Waals surface area contributed by atoms with E-state index in [2.05, 4.69) is 54.6 Å². The maximum atomic E-state index is 4.61. The zero-order valence-electron chi connectivity index (χ0n) is 16.3. The number of fused-ring (bicyclic) bond motifs is 1. The lowest BCUT2D eigenvalue weighted by molar-refractivity contribution is 0.425. The van der Waals surface area contributed by atoms with Crippen LogP contribution in [0.15, 0.2) is 67.0 Å². The molecular formula is C23H22N6. The normalized spacial score (nSPS) is 14.0. The molecule has 0 unspecified atom stereocenters. The summed E-state index contributed by atoms with van der Waals surface area (Å²) in [6, 6.07) is 18.4. The first kappa shape index (κ1) is 17.6. The van der Waals surface area contributed by atoms with E-state index < -0.39 is 0 Å². The Morgan fingerprint density at radius 1 is 1.00 bits per heavy atom. The maximum Gasteiger partial charge on any atom is 0.151 e. The summed E-state index contributed by atoms with van der Waals surface area (Å²) in [4.78, 5) is 10.9. The zero-order valence-corrected chi connectivity index (χ0v) is 16.3. The number of hydrogen-bond acceptors (Lipinski definition) is 6. The van der Waals surface area contributed by atoms with Crippen molar-refractivity contribution in [3.63, 3.8) is 0 Å². The second-order valence-corrected chi connectivity index (χ2v) is 7.49. The van der Waals surface area contributed by atoms with Gasteiger partial charge in [-0.25, -0.2) is 0 Å². The molecule has 29 heavy (non-hydrogen) atoms. The van der Waals surface area contributed by atoms with Gasteiger partial charge >= 0.3 is 0 Å². The van der Waals surface area contributed by atoms with Crippen molar-refractivity contribution in [1.29, 1.82) is 0 Å². The van der Waals surface area contributed by atoms with Crippen LogP contribution in [0.3, 0.4) is 0 Å². The molecule has 1 saturated heterocycles. The van der Waals surface area contributed by atoms with Crippen LogP contribution in [0.25, 0.3) is 22.2 Å². The average Bonchev–Trinajstić information content (AvgIpc) is 2.73. The minimum atomic E-state index is 0.587. The standard InChI is InChI=1S/C23H22N6/c1-16-12-22(19-4-2-3-5-21(19)26-16)25-13-17-14-29(15-17)23-7-6-20(27-28-23)18-8-10-24-11-9-18/h2-12,17H,13-15H2,1H3,(H,25,26). The van der Waals surface area contributed by atoms with Crippen molar-refractivity contribution in [2.75, 3.05) is 29.9 Å². The molecule has 0 bridgehead atoms. The highest BCUT2D eigenvalue weighted by Gasteiger charge is 2.28. The summed E-state index contributed by atoms with van der Waals surface area (Å²) in [6.07, 6.45) is 3.54. The van der Waals surface area contributed by atoms with Crippen LogP contribution in [0, 0.1) is 12.8 Å². The van der Waals surface area contributed by atoms with E-state index in [4.69, 9.17) is 0 Å². The van der Waals surface area contributed by atoms with Crippen LogP contribution in [0.2, 0.25) is 0 Å². The highest BCUT2D eigenvalue weighted by atomic mass is 15.3. The SMILES string of the molecule is Cc1cc(NCC2CN(c3ccc(-c4ccncc4)nn3)C2)c2ccccc2n1. The maximum absolute atomic E-state index is 4.61. The Bertz CT molecular complexity index is 1120. The van der Waals surface area contributed by atoms with Gasteiger partial charge in [0.25, 0.3) is 0 Å². The van der Waals surface area contributed by atoms with Crippen LogP contribution < -0.4 is 10.2 Å². The van der Waals surface area contributed by atoms with Crippen molar-refractivity contribution in [3.8, 4) is 11.3 Å². The molecule has 0 atom stereocenters. The second-order valence-electron chi connectivity index (χ2n) is 7.49. The molecule has 0 aliphatic carbocycles. The fourth-order valence-corrected chi connectivity index (χ4v) is 3.76. The lowest BCUT2D eigenvalue weighted by Crippen LogP contribution is -2.50. The smallest absolute Gasteiger partial charge is 0.151 e. The number of nitrogens with one attached hydrogen (secondary N) is 1. The summed E-state index contributed by atoms with van der Waals surface area (Å²) < 4.78 is 0. The number of aromatic nitrogens is 4. The Balaban J connectivity index is 1.20. The van der Waals surface area contributed by atoms with Gasteiger partial charge in [-0.05, 0) is 43.3 Å². The van der Waals surface area contributed by atoms with Gasteiger partial charge in [0, 0.05) is 60.3 Å². The Hall–Kier alpha value is -3.54. The number of benzene rings is 1. The lowest BCUT2D eigenvalue weighted by atomic mass is 10.00.